The van der Waals surface area contributed by atoms with E-state index in [4.69, 9.17) is 5.11 Å². The Hall–Kier alpha value is -1.84. The number of aryl methyl sites for hydroxylation is 1. The van der Waals surface area contributed by atoms with E-state index in [9.17, 15) is 9.59 Å². The molecule has 1 rings (SSSR count). The van der Waals surface area contributed by atoms with E-state index >= 15 is 0 Å². The van der Waals surface area contributed by atoms with Crippen molar-refractivity contribution < 1.29 is 14.7 Å². The fraction of sp³-hybridized carbons (Fsp3) is 0.500. The van der Waals surface area contributed by atoms with Gasteiger partial charge in [-0.25, -0.2) is 0 Å². The van der Waals surface area contributed by atoms with E-state index in [-0.39, 0.29) is 12.3 Å². The van der Waals surface area contributed by atoms with Crippen LogP contribution >= 0.6 is 0 Å². The van der Waals surface area contributed by atoms with Crippen LogP contribution in [0, 0.1) is 0 Å². The largest absolute Gasteiger partial charge is 0.481 e. The molecule has 0 bridgehead atoms. The van der Waals surface area contributed by atoms with E-state index in [1.807, 2.05) is 0 Å². The summed E-state index contributed by atoms with van der Waals surface area (Å²) in [6.07, 6.45) is 1.72. The number of benzene rings is 1. The molecule has 0 aliphatic carbocycles. The summed E-state index contributed by atoms with van der Waals surface area (Å²) in [5.74, 6) is -0.339. The van der Waals surface area contributed by atoms with Crippen LogP contribution in [0.1, 0.15) is 50.2 Å². The maximum Gasteiger partial charge on any atom is 0.303 e. The van der Waals surface area contributed by atoms with Crippen molar-refractivity contribution >= 4 is 11.9 Å². The predicted molar refractivity (Wildman–Crippen MR) is 78.7 cm³/mol. The zero-order valence-corrected chi connectivity index (χ0v) is 12.2. The monoisotopic (exact) mass is 277 g/mol. The van der Waals surface area contributed by atoms with E-state index in [0.717, 1.165) is 5.56 Å². The van der Waals surface area contributed by atoms with Gasteiger partial charge in [-0.3, -0.25) is 9.59 Å². The zero-order valence-electron chi connectivity index (χ0n) is 12.2. The second-order valence-corrected chi connectivity index (χ2v) is 5.24. The maximum atomic E-state index is 11.6. The molecule has 0 unspecified atom stereocenters. The van der Waals surface area contributed by atoms with Gasteiger partial charge in [0.15, 0.2) is 0 Å². The summed E-state index contributed by atoms with van der Waals surface area (Å²) < 4.78 is 0. The van der Waals surface area contributed by atoms with Gasteiger partial charge in [0, 0.05) is 19.4 Å². The van der Waals surface area contributed by atoms with Crippen molar-refractivity contribution in [3.05, 3.63) is 35.4 Å². The third kappa shape index (κ3) is 6.36. The van der Waals surface area contributed by atoms with Gasteiger partial charge in [0.1, 0.15) is 0 Å². The number of carbonyl (C=O) groups is 2. The van der Waals surface area contributed by atoms with Crippen molar-refractivity contribution in [3.63, 3.8) is 0 Å². The highest BCUT2D eigenvalue weighted by molar-refractivity contribution is 5.76. The molecule has 0 aliphatic rings. The zero-order chi connectivity index (χ0) is 15.0. The van der Waals surface area contributed by atoms with Crippen molar-refractivity contribution in [1.29, 1.82) is 0 Å². The molecule has 20 heavy (non-hydrogen) atoms. The summed E-state index contributed by atoms with van der Waals surface area (Å²) in [7, 11) is 0. The van der Waals surface area contributed by atoms with Crippen molar-refractivity contribution in [2.75, 3.05) is 6.54 Å². The van der Waals surface area contributed by atoms with Gasteiger partial charge in [-0.05, 0) is 29.9 Å². The van der Waals surface area contributed by atoms with Crippen molar-refractivity contribution in [2.24, 2.45) is 0 Å². The molecule has 0 heterocycles. The SMILES string of the molecule is CC(C)c1ccc(CCC(=O)NCCCC(=O)O)cc1. The smallest absolute Gasteiger partial charge is 0.303 e. The molecule has 0 spiro atoms. The first-order chi connectivity index (χ1) is 9.49. The second-order valence-electron chi connectivity index (χ2n) is 5.24. The lowest BCUT2D eigenvalue weighted by atomic mass is 10.0. The van der Waals surface area contributed by atoms with Gasteiger partial charge in [-0.1, -0.05) is 38.1 Å². The Morgan fingerprint density at radius 3 is 2.35 bits per heavy atom. The van der Waals surface area contributed by atoms with Gasteiger partial charge in [0.05, 0.1) is 0 Å². The van der Waals surface area contributed by atoms with Crippen LogP contribution in [-0.4, -0.2) is 23.5 Å². The molecule has 1 aromatic carbocycles. The molecule has 0 saturated heterocycles. The van der Waals surface area contributed by atoms with Gasteiger partial charge in [0.2, 0.25) is 5.91 Å². The van der Waals surface area contributed by atoms with E-state index in [1.165, 1.54) is 5.56 Å². The lowest BCUT2D eigenvalue weighted by Gasteiger charge is -2.07. The van der Waals surface area contributed by atoms with Crippen LogP contribution in [0.25, 0.3) is 0 Å². The summed E-state index contributed by atoms with van der Waals surface area (Å²) in [5.41, 5.74) is 2.45. The lowest BCUT2D eigenvalue weighted by Crippen LogP contribution is -2.25. The highest BCUT2D eigenvalue weighted by Crippen LogP contribution is 2.15. The number of carbonyl (C=O) groups excluding carboxylic acids is 1. The van der Waals surface area contributed by atoms with E-state index in [1.54, 1.807) is 0 Å². The topological polar surface area (TPSA) is 66.4 Å². The summed E-state index contributed by atoms with van der Waals surface area (Å²) in [6, 6.07) is 8.33. The fourth-order valence-electron chi connectivity index (χ4n) is 1.88. The number of nitrogens with one attached hydrogen (secondary N) is 1. The number of amides is 1. The van der Waals surface area contributed by atoms with Crippen LogP contribution < -0.4 is 5.32 Å². The molecular formula is C16H23NO3. The van der Waals surface area contributed by atoms with E-state index < -0.39 is 5.97 Å². The maximum absolute atomic E-state index is 11.6. The first-order valence-electron chi connectivity index (χ1n) is 7.06. The highest BCUT2D eigenvalue weighted by Gasteiger charge is 2.04. The molecule has 0 aromatic heterocycles. The van der Waals surface area contributed by atoms with Crippen LogP contribution in [0.3, 0.4) is 0 Å². The van der Waals surface area contributed by atoms with Gasteiger partial charge in [0.25, 0.3) is 0 Å². The van der Waals surface area contributed by atoms with Gasteiger partial charge < -0.3 is 10.4 Å². The summed E-state index contributed by atoms with van der Waals surface area (Å²) in [4.78, 5) is 21.9. The van der Waals surface area contributed by atoms with Crippen molar-refractivity contribution in [2.45, 2.75) is 45.4 Å². The average Bonchev–Trinajstić information content (AvgIpc) is 2.41. The molecule has 0 atom stereocenters. The van der Waals surface area contributed by atoms with Gasteiger partial charge in [-0.2, -0.15) is 0 Å². The molecule has 0 radical (unpaired) electrons. The molecule has 0 saturated carbocycles. The van der Waals surface area contributed by atoms with E-state index in [0.29, 0.717) is 31.7 Å². The van der Waals surface area contributed by atoms with Crippen LogP contribution in [0.15, 0.2) is 24.3 Å². The Morgan fingerprint density at radius 1 is 1.15 bits per heavy atom. The minimum atomic E-state index is -0.829. The number of carboxylic acids is 1. The standard InChI is InChI=1S/C16H23NO3/c1-12(2)14-8-5-13(6-9-14)7-10-15(18)17-11-3-4-16(19)20/h5-6,8-9,12H,3-4,7,10-11H2,1-2H3,(H,17,18)(H,19,20). The van der Waals surface area contributed by atoms with Crippen LogP contribution in [0.4, 0.5) is 0 Å². The summed E-state index contributed by atoms with van der Waals surface area (Å²) >= 11 is 0. The Labute approximate surface area is 120 Å². The normalized spacial score (nSPS) is 10.6. The fourth-order valence-corrected chi connectivity index (χ4v) is 1.88. The molecule has 4 nitrogen and oxygen atoms in total. The molecule has 0 aliphatic heterocycles. The molecule has 1 amide bonds. The average molecular weight is 277 g/mol. The minimum Gasteiger partial charge on any atom is -0.481 e. The Balaban J connectivity index is 2.25. The molecule has 110 valence electrons. The van der Waals surface area contributed by atoms with E-state index in [2.05, 4.69) is 43.4 Å². The van der Waals surface area contributed by atoms with Crippen LogP contribution in [0.2, 0.25) is 0 Å². The predicted octanol–water partition coefficient (Wildman–Crippen LogP) is 2.72. The Kier molecular flexibility index (Phi) is 6.77. The van der Waals surface area contributed by atoms with Crippen LogP contribution in [-0.2, 0) is 16.0 Å². The number of rotatable bonds is 8. The number of aliphatic carboxylic acids is 1. The highest BCUT2D eigenvalue weighted by atomic mass is 16.4. The summed E-state index contributed by atoms with van der Waals surface area (Å²) in [5, 5.41) is 11.2. The molecule has 2 N–H and O–H groups in total. The Morgan fingerprint density at radius 2 is 1.80 bits per heavy atom. The molecule has 4 heteroatoms. The number of carboxylic acid groups (broad SMARTS) is 1. The quantitative estimate of drug-likeness (QED) is 0.718. The van der Waals surface area contributed by atoms with Gasteiger partial charge in [-0.15, -0.1) is 0 Å². The van der Waals surface area contributed by atoms with Gasteiger partial charge >= 0.3 is 5.97 Å². The first-order valence-corrected chi connectivity index (χ1v) is 7.06. The number of hydrogen-bond donors (Lipinski definition) is 2. The number of hydrogen-bond acceptors (Lipinski definition) is 2. The third-order valence-corrected chi connectivity index (χ3v) is 3.18. The minimum absolute atomic E-state index is 0.0247. The van der Waals surface area contributed by atoms with Crippen molar-refractivity contribution in [1.82, 2.24) is 5.32 Å². The van der Waals surface area contributed by atoms with Crippen LogP contribution in [0.5, 0.6) is 0 Å². The summed E-state index contributed by atoms with van der Waals surface area (Å²) in [6.45, 7) is 4.73. The first kappa shape index (κ1) is 16.2. The third-order valence-electron chi connectivity index (χ3n) is 3.18. The molecule has 1 aromatic rings. The molecular weight excluding hydrogens is 254 g/mol. The Bertz CT molecular complexity index is 438. The molecule has 0 fully saturated rings. The second kappa shape index (κ2) is 8.35. The van der Waals surface area contributed by atoms with Crippen molar-refractivity contribution in [3.8, 4) is 0 Å². The lowest BCUT2D eigenvalue weighted by molar-refractivity contribution is -0.137.